The van der Waals surface area contributed by atoms with Crippen molar-refractivity contribution in [3.63, 3.8) is 0 Å². The van der Waals surface area contributed by atoms with Crippen molar-refractivity contribution in [1.82, 2.24) is 0 Å². The van der Waals surface area contributed by atoms with Crippen LogP contribution in [0.25, 0.3) is 0 Å². The first kappa shape index (κ1) is 17.2. The van der Waals surface area contributed by atoms with Crippen LogP contribution in [0.15, 0.2) is 24.3 Å². The molecule has 0 heterocycles. The zero-order chi connectivity index (χ0) is 18.2. The highest BCUT2D eigenvalue weighted by molar-refractivity contribution is 7.43. The Labute approximate surface area is 154 Å². The van der Waals surface area contributed by atoms with E-state index >= 15 is 0 Å². The van der Waals surface area contributed by atoms with Gasteiger partial charge >= 0.3 is 0 Å². The van der Waals surface area contributed by atoms with Crippen LogP contribution in [0.2, 0.25) is 0 Å². The summed E-state index contributed by atoms with van der Waals surface area (Å²) in [6, 6.07) is 7.00. The van der Waals surface area contributed by atoms with Gasteiger partial charge in [-0.3, -0.25) is 0 Å². The smallest absolute Gasteiger partial charge is 0.124 e. The summed E-state index contributed by atoms with van der Waals surface area (Å²) < 4.78 is 21.9. The number of ether oxygens (including phenoxy) is 1. The van der Waals surface area contributed by atoms with E-state index in [0.717, 1.165) is 23.8 Å². The van der Waals surface area contributed by atoms with Crippen molar-refractivity contribution in [3.8, 4) is 5.75 Å². The van der Waals surface area contributed by atoms with E-state index in [-0.39, 0.29) is 16.8 Å². The Bertz CT molecular complexity index is 739. The third kappa shape index (κ3) is 2.24. The lowest BCUT2D eigenvalue weighted by atomic mass is 9.34. The molecule has 142 valence electrons. The van der Waals surface area contributed by atoms with Gasteiger partial charge in [-0.05, 0) is 86.3 Å². The molecule has 26 heavy (non-hydrogen) atoms. The molecule has 4 bridgehead atoms. The van der Waals surface area contributed by atoms with Gasteiger partial charge < -0.3 is 23.6 Å². The Balaban J connectivity index is 1.55. The Morgan fingerprint density at radius 3 is 2.19 bits per heavy atom. The first-order valence-electron chi connectivity index (χ1n) is 9.74. The molecular formula is C20H25O5P-2. The molecule has 0 saturated heterocycles. The average molecular weight is 376 g/mol. The van der Waals surface area contributed by atoms with E-state index in [1.165, 1.54) is 44.6 Å². The predicted molar refractivity (Wildman–Crippen MR) is 92.1 cm³/mol. The van der Waals surface area contributed by atoms with Gasteiger partial charge in [0.1, 0.15) is 13.6 Å². The monoisotopic (exact) mass is 376 g/mol. The number of rotatable bonds is 4. The second-order valence-electron chi connectivity index (χ2n) is 8.94. The van der Waals surface area contributed by atoms with E-state index in [2.05, 4.69) is 4.52 Å². The second kappa shape index (κ2) is 5.57. The van der Waals surface area contributed by atoms with E-state index in [1.54, 1.807) is 19.2 Å². The van der Waals surface area contributed by atoms with E-state index < -0.39 is 7.82 Å². The largest absolute Gasteiger partial charge is 0.780 e. The highest BCUT2D eigenvalue weighted by Gasteiger charge is 2.71. The molecule has 1 aromatic rings. The average Bonchev–Trinajstić information content (AvgIpc) is 2.53. The zero-order valence-corrected chi connectivity index (χ0v) is 16.0. The molecule has 1 unspecified atom stereocenters. The maximum absolute atomic E-state index is 11.0. The number of benzene rings is 1. The number of hydrogen-bond donors (Lipinski definition) is 0. The van der Waals surface area contributed by atoms with Gasteiger partial charge in [0, 0.05) is 12.5 Å². The molecule has 0 radical (unpaired) electrons. The van der Waals surface area contributed by atoms with Crippen LogP contribution in [0.4, 0.5) is 0 Å². The number of hydrogen-bond acceptors (Lipinski definition) is 5. The summed E-state index contributed by atoms with van der Waals surface area (Å²) in [7, 11) is -3.28. The summed E-state index contributed by atoms with van der Waals surface area (Å²) in [5.74, 6) is 3.27. The fourth-order valence-corrected chi connectivity index (χ4v) is 7.86. The van der Waals surface area contributed by atoms with Gasteiger partial charge in [-0.2, -0.15) is 0 Å². The highest BCUT2D eigenvalue weighted by atomic mass is 31.2. The molecule has 1 atom stereocenters. The third-order valence-corrected chi connectivity index (χ3v) is 8.54. The van der Waals surface area contributed by atoms with Crippen molar-refractivity contribution in [1.29, 1.82) is 0 Å². The summed E-state index contributed by atoms with van der Waals surface area (Å²) >= 11 is 0. The Morgan fingerprint density at radius 2 is 1.69 bits per heavy atom. The molecule has 1 aromatic carbocycles. The lowest BCUT2D eigenvalue weighted by Gasteiger charge is -2.72. The number of methoxy groups -OCH3 is 1. The van der Waals surface area contributed by atoms with Crippen molar-refractivity contribution in [3.05, 3.63) is 29.8 Å². The van der Waals surface area contributed by atoms with Crippen molar-refractivity contribution >= 4 is 7.82 Å². The minimum absolute atomic E-state index is 0.0955. The molecule has 5 saturated carbocycles. The lowest BCUT2D eigenvalue weighted by Crippen LogP contribution is -2.68. The summed E-state index contributed by atoms with van der Waals surface area (Å²) in [5, 5.41) is 0. The van der Waals surface area contributed by atoms with Crippen molar-refractivity contribution in [2.75, 3.05) is 7.11 Å². The summed E-state index contributed by atoms with van der Waals surface area (Å²) in [5.41, 5.74) is 0.738. The quantitative estimate of drug-likeness (QED) is 0.755. The predicted octanol–water partition coefficient (Wildman–Crippen LogP) is 2.97. The van der Waals surface area contributed by atoms with Gasteiger partial charge in [-0.15, -0.1) is 0 Å². The van der Waals surface area contributed by atoms with Crippen molar-refractivity contribution in [2.45, 2.75) is 50.5 Å². The number of phosphoric ester groups is 1. The Hall–Kier alpha value is -0.870. The van der Waals surface area contributed by atoms with E-state index in [9.17, 15) is 14.4 Å². The molecule has 5 fully saturated rings. The lowest BCUT2D eigenvalue weighted by molar-refractivity contribution is -0.333. The minimum atomic E-state index is -5.06. The summed E-state index contributed by atoms with van der Waals surface area (Å²) in [6.07, 6.45) is 8.78. The van der Waals surface area contributed by atoms with Crippen LogP contribution in [0.1, 0.15) is 50.5 Å². The molecule has 0 aliphatic heterocycles. The molecular weight excluding hydrogens is 351 g/mol. The van der Waals surface area contributed by atoms with E-state index in [4.69, 9.17) is 4.74 Å². The van der Waals surface area contributed by atoms with Crippen LogP contribution in [-0.4, -0.2) is 7.11 Å². The molecule has 0 N–H and O–H groups in total. The maximum Gasteiger partial charge on any atom is 0.124 e. The van der Waals surface area contributed by atoms with Crippen molar-refractivity contribution in [2.24, 2.45) is 29.1 Å². The summed E-state index contributed by atoms with van der Waals surface area (Å²) in [4.78, 5) is 22.1. The van der Waals surface area contributed by atoms with Crippen molar-refractivity contribution < 1.29 is 23.6 Å². The normalized spacial score (nSPS) is 43.5. The van der Waals surface area contributed by atoms with E-state index in [0.29, 0.717) is 11.8 Å². The Morgan fingerprint density at radius 1 is 1.04 bits per heavy atom. The first-order valence-corrected chi connectivity index (χ1v) is 11.2. The molecule has 0 aromatic heterocycles. The molecule has 1 spiro atoms. The van der Waals surface area contributed by atoms with Gasteiger partial charge in [0.05, 0.1) is 5.60 Å². The zero-order valence-electron chi connectivity index (χ0n) is 15.1. The first-order chi connectivity index (χ1) is 12.4. The van der Waals surface area contributed by atoms with Gasteiger partial charge in [0.25, 0.3) is 0 Å². The van der Waals surface area contributed by atoms with Crippen LogP contribution in [0, 0.1) is 29.1 Å². The summed E-state index contributed by atoms with van der Waals surface area (Å²) in [6.45, 7) is 0. The molecule has 6 rings (SSSR count). The second-order valence-corrected chi connectivity index (χ2v) is 10.0. The fourth-order valence-electron chi connectivity index (χ4n) is 7.49. The van der Waals surface area contributed by atoms with Gasteiger partial charge in [0.2, 0.25) is 0 Å². The van der Waals surface area contributed by atoms with Gasteiger partial charge in [0.15, 0.2) is 0 Å². The molecule has 5 nitrogen and oxygen atoms in total. The Kier molecular flexibility index (Phi) is 3.70. The van der Waals surface area contributed by atoms with Crippen LogP contribution in [0.3, 0.4) is 0 Å². The third-order valence-electron chi connectivity index (χ3n) is 8.10. The van der Waals surface area contributed by atoms with E-state index in [1.807, 2.05) is 6.07 Å². The standard InChI is InChI=1S/C20H27O5P/c1-24-20(15-3-2-4-18(12-15)25-26(21,22)23)6-5-19(20)16-8-13-7-14(10-16)11-17(19)9-13/h2-4,12-14,16-17H,5-11H2,1H3,(H2,21,22,23)/p-2. The molecule has 5 aliphatic rings. The van der Waals surface area contributed by atoms with Gasteiger partial charge in [-0.25, -0.2) is 0 Å². The van der Waals surface area contributed by atoms with Crippen LogP contribution < -0.4 is 14.3 Å². The van der Waals surface area contributed by atoms with Crippen LogP contribution in [0.5, 0.6) is 5.75 Å². The van der Waals surface area contributed by atoms with Crippen LogP contribution >= 0.6 is 7.82 Å². The minimum Gasteiger partial charge on any atom is -0.780 e. The van der Waals surface area contributed by atoms with Crippen LogP contribution in [-0.2, 0) is 14.9 Å². The maximum atomic E-state index is 11.0. The van der Waals surface area contributed by atoms with Gasteiger partial charge in [-0.1, -0.05) is 12.1 Å². The molecule has 0 amide bonds. The molecule has 6 heteroatoms. The topological polar surface area (TPSA) is 81.7 Å². The fraction of sp³-hybridized carbons (Fsp3) is 0.700. The highest BCUT2D eigenvalue weighted by Crippen LogP contribution is 2.75. The SMILES string of the molecule is COC1(c2cccc(OP(=O)([O-])[O-])c2)CCC12C1CC3CC(C1)CC2C3. The molecule has 5 aliphatic carbocycles. The number of phosphoric acid groups is 1.